The van der Waals surface area contributed by atoms with Gasteiger partial charge < -0.3 is 5.32 Å². The summed E-state index contributed by atoms with van der Waals surface area (Å²) in [7, 11) is 0. The third-order valence-corrected chi connectivity index (χ3v) is 2.97. The maximum Gasteiger partial charge on any atom is 0.252 e. The molecule has 0 atom stereocenters. The Morgan fingerprint density at radius 2 is 1.61 bits per heavy atom. The van der Waals surface area contributed by atoms with Crippen molar-refractivity contribution < 1.29 is 9.59 Å². The SMILES string of the molecule is Cc1cc(C)c(C(=O)NCC(=O)C(C)C)c(C)c1. The molecule has 1 N–H and O–H groups in total. The van der Waals surface area contributed by atoms with Crippen molar-refractivity contribution in [3.05, 3.63) is 34.4 Å². The zero-order valence-electron chi connectivity index (χ0n) is 11.8. The van der Waals surface area contributed by atoms with Crippen LogP contribution in [0.2, 0.25) is 0 Å². The van der Waals surface area contributed by atoms with E-state index < -0.39 is 0 Å². The predicted octanol–water partition coefficient (Wildman–Crippen LogP) is 2.57. The molecule has 1 aromatic carbocycles. The molecule has 0 aromatic heterocycles. The molecular formula is C15H21NO2. The van der Waals surface area contributed by atoms with Gasteiger partial charge in [0.05, 0.1) is 6.54 Å². The van der Waals surface area contributed by atoms with E-state index in [4.69, 9.17) is 0 Å². The van der Waals surface area contributed by atoms with Crippen LogP contribution in [-0.2, 0) is 4.79 Å². The number of carbonyl (C=O) groups excluding carboxylic acids is 2. The normalized spacial score (nSPS) is 10.6. The van der Waals surface area contributed by atoms with Crippen molar-refractivity contribution >= 4 is 11.7 Å². The van der Waals surface area contributed by atoms with Gasteiger partial charge in [-0.2, -0.15) is 0 Å². The van der Waals surface area contributed by atoms with Crippen LogP contribution in [-0.4, -0.2) is 18.2 Å². The van der Waals surface area contributed by atoms with Crippen LogP contribution in [0.25, 0.3) is 0 Å². The zero-order valence-corrected chi connectivity index (χ0v) is 11.8. The van der Waals surface area contributed by atoms with Gasteiger partial charge in [0.15, 0.2) is 5.78 Å². The Labute approximate surface area is 109 Å². The summed E-state index contributed by atoms with van der Waals surface area (Å²) in [6, 6.07) is 3.96. The molecule has 0 aliphatic heterocycles. The first-order valence-electron chi connectivity index (χ1n) is 6.21. The number of ketones is 1. The van der Waals surface area contributed by atoms with Crippen LogP contribution in [0.15, 0.2) is 12.1 Å². The smallest absolute Gasteiger partial charge is 0.252 e. The number of amides is 1. The predicted molar refractivity (Wildman–Crippen MR) is 72.8 cm³/mol. The van der Waals surface area contributed by atoms with Crippen molar-refractivity contribution in [1.29, 1.82) is 0 Å². The Balaban J connectivity index is 2.83. The molecular weight excluding hydrogens is 226 g/mol. The third-order valence-electron chi connectivity index (χ3n) is 2.97. The Kier molecular flexibility index (Phi) is 4.65. The Morgan fingerprint density at radius 1 is 1.11 bits per heavy atom. The van der Waals surface area contributed by atoms with Gasteiger partial charge in [0.25, 0.3) is 5.91 Å². The van der Waals surface area contributed by atoms with E-state index in [2.05, 4.69) is 5.32 Å². The van der Waals surface area contributed by atoms with E-state index in [1.54, 1.807) is 0 Å². The molecule has 0 radical (unpaired) electrons. The summed E-state index contributed by atoms with van der Waals surface area (Å²) in [5.74, 6) is -0.171. The molecule has 0 aliphatic rings. The largest absolute Gasteiger partial charge is 0.345 e. The van der Waals surface area contributed by atoms with Gasteiger partial charge in [-0.3, -0.25) is 9.59 Å². The molecule has 1 aromatic rings. The molecule has 0 saturated heterocycles. The number of hydrogen-bond acceptors (Lipinski definition) is 2. The first-order chi connectivity index (χ1) is 8.32. The highest BCUT2D eigenvalue weighted by molar-refractivity contribution is 5.99. The monoisotopic (exact) mass is 247 g/mol. The van der Waals surface area contributed by atoms with E-state index in [9.17, 15) is 9.59 Å². The highest BCUT2D eigenvalue weighted by Gasteiger charge is 2.14. The van der Waals surface area contributed by atoms with Crippen molar-refractivity contribution in [2.75, 3.05) is 6.54 Å². The summed E-state index contributed by atoms with van der Waals surface area (Å²) in [5, 5.41) is 2.69. The lowest BCUT2D eigenvalue weighted by atomic mass is 9.99. The van der Waals surface area contributed by atoms with E-state index in [0.29, 0.717) is 5.56 Å². The molecule has 0 fully saturated rings. The van der Waals surface area contributed by atoms with Gasteiger partial charge in [-0.15, -0.1) is 0 Å². The summed E-state index contributed by atoms with van der Waals surface area (Å²) in [6.45, 7) is 9.60. The van der Waals surface area contributed by atoms with Gasteiger partial charge in [-0.25, -0.2) is 0 Å². The van der Waals surface area contributed by atoms with E-state index in [1.165, 1.54) is 0 Å². The summed E-state index contributed by atoms with van der Waals surface area (Å²) in [5.41, 5.74) is 3.71. The lowest BCUT2D eigenvalue weighted by Crippen LogP contribution is -2.32. The third kappa shape index (κ3) is 3.42. The average molecular weight is 247 g/mol. The number of aryl methyl sites for hydroxylation is 3. The standard InChI is InChI=1S/C15H21NO2/c1-9(2)13(17)8-16-15(18)14-11(4)6-10(3)7-12(14)5/h6-7,9H,8H2,1-5H3,(H,16,18). The number of nitrogens with one attached hydrogen (secondary N) is 1. The molecule has 18 heavy (non-hydrogen) atoms. The maximum absolute atomic E-state index is 12.1. The molecule has 3 nitrogen and oxygen atoms in total. The van der Waals surface area contributed by atoms with Crippen LogP contribution in [0.3, 0.4) is 0 Å². The van der Waals surface area contributed by atoms with Crippen molar-refractivity contribution in [3.8, 4) is 0 Å². The Hall–Kier alpha value is -1.64. The fourth-order valence-corrected chi connectivity index (χ4v) is 2.00. The number of rotatable bonds is 4. The minimum absolute atomic E-state index is 0.0470. The van der Waals surface area contributed by atoms with Crippen LogP contribution in [0.5, 0.6) is 0 Å². The topological polar surface area (TPSA) is 46.2 Å². The highest BCUT2D eigenvalue weighted by atomic mass is 16.2. The quantitative estimate of drug-likeness (QED) is 0.888. The lowest BCUT2D eigenvalue weighted by molar-refractivity contribution is -0.120. The molecule has 1 amide bonds. The average Bonchev–Trinajstić information content (AvgIpc) is 2.24. The molecule has 0 unspecified atom stereocenters. The van der Waals surface area contributed by atoms with Crippen molar-refractivity contribution in [2.45, 2.75) is 34.6 Å². The highest BCUT2D eigenvalue weighted by Crippen LogP contribution is 2.16. The van der Waals surface area contributed by atoms with E-state index in [1.807, 2.05) is 46.8 Å². The van der Waals surface area contributed by atoms with Crippen LogP contribution in [0.1, 0.15) is 40.9 Å². The maximum atomic E-state index is 12.1. The van der Waals surface area contributed by atoms with Crippen LogP contribution >= 0.6 is 0 Å². The summed E-state index contributed by atoms with van der Waals surface area (Å²) >= 11 is 0. The molecule has 0 aliphatic carbocycles. The summed E-state index contributed by atoms with van der Waals surface area (Å²) in [6.07, 6.45) is 0. The Bertz CT molecular complexity index is 452. The number of Topliss-reactive ketones (excluding diaryl/α,β-unsaturated/α-hetero) is 1. The minimum atomic E-state index is -0.168. The fraction of sp³-hybridized carbons (Fsp3) is 0.467. The first-order valence-corrected chi connectivity index (χ1v) is 6.21. The van der Waals surface area contributed by atoms with Gasteiger partial charge in [-0.05, 0) is 31.9 Å². The summed E-state index contributed by atoms with van der Waals surface area (Å²) in [4.78, 5) is 23.5. The second-order valence-corrected chi connectivity index (χ2v) is 5.08. The fourth-order valence-electron chi connectivity index (χ4n) is 2.00. The molecule has 0 saturated carbocycles. The van der Waals surface area contributed by atoms with Gasteiger partial charge >= 0.3 is 0 Å². The first kappa shape index (κ1) is 14.4. The number of carbonyl (C=O) groups is 2. The van der Waals surface area contributed by atoms with Crippen LogP contribution in [0, 0.1) is 26.7 Å². The second-order valence-electron chi connectivity index (χ2n) is 5.08. The molecule has 1 rings (SSSR count). The van der Waals surface area contributed by atoms with Crippen molar-refractivity contribution in [3.63, 3.8) is 0 Å². The zero-order chi connectivity index (χ0) is 13.9. The van der Waals surface area contributed by atoms with Gasteiger partial charge in [0.2, 0.25) is 0 Å². The van der Waals surface area contributed by atoms with Crippen LogP contribution in [0.4, 0.5) is 0 Å². The van der Waals surface area contributed by atoms with Crippen LogP contribution < -0.4 is 5.32 Å². The van der Waals surface area contributed by atoms with E-state index in [-0.39, 0.29) is 24.2 Å². The van der Waals surface area contributed by atoms with Gasteiger partial charge in [-0.1, -0.05) is 31.5 Å². The van der Waals surface area contributed by atoms with Gasteiger partial charge in [0, 0.05) is 11.5 Å². The minimum Gasteiger partial charge on any atom is -0.345 e. The van der Waals surface area contributed by atoms with E-state index in [0.717, 1.165) is 16.7 Å². The lowest BCUT2D eigenvalue weighted by Gasteiger charge is -2.12. The molecule has 0 spiro atoms. The molecule has 3 heteroatoms. The molecule has 0 bridgehead atoms. The summed E-state index contributed by atoms with van der Waals surface area (Å²) < 4.78 is 0. The number of benzene rings is 1. The van der Waals surface area contributed by atoms with Crippen molar-refractivity contribution in [2.24, 2.45) is 5.92 Å². The second kappa shape index (κ2) is 5.80. The Morgan fingerprint density at radius 3 is 2.06 bits per heavy atom. The molecule has 98 valence electrons. The van der Waals surface area contributed by atoms with Crippen molar-refractivity contribution in [1.82, 2.24) is 5.32 Å². The molecule has 0 heterocycles. The van der Waals surface area contributed by atoms with E-state index >= 15 is 0 Å². The van der Waals surface area contributed by atoms with Gasteiger partial charge in [0.1, 0.15) is 0 Å². The number of hydrogen-bond donors (Lipinski definition) is 1.